The van der Waals surface area contributed by atoms with Gasteiger partial charge in [0, 0.05) is 13.0 Å². The van der Waals surface area contributed by atoms with Crippen LogP contribution >= 0.6 is 11.6 Å². The predicted molar refractivity (Wildman–Crippen MR) is 67.4 cm³/mol. The van der Waals surface area contributed by atoms with Crippen molar-refractivity contribution in [1.82, 2.24) is 4.31 Å². The number of rotatable bonds is 3. The van der Waals surface area contributed by atoms with E-state index in [4.69, 9.17) is 16.7 Å². The molecule has 1 aromatic carbocycles. The molecule has 104 valence electrons. The molecule has 0 radical (unpaired) electrons. The molecule has 1 aliphatic rings. The molecule has 1 heterocycles. The Bertz CT molecular complexity index is 603. The third-order valence-electron chi connectivity index (χ3n) is 2.94. The second kappa shape index (κ2) is 5.09. The summed E-state index contributed by atoms with van der Waals surface area (Å²) in [6.45, 7) is -0.246. The average Bonchev–Trinajstić information content (AvgIpc) is 2.72. The summed E-state index contributed by atoms with van der Waals surface area (Å²) in [5.41, 5.74) is 0. The number of hydrogen-bond donors (Lipinski definition) is 2. The fourth-order valence-corrected chi connectivity index (χ4v) is 4.18. The van der Waals surface area contributed by atoms with E-state index in [1.54, 1.807) is 6.07 Å². The Kier molecular flexibility index (Phi) is 3.82. The summed E-state index contributed by atoms with van der Waals surface area (Å²) < 4.78 is 25.5. The number of aliphatic carboxylic acids is 1. The maximum atomic E-state index is 12.4. The molecule has 2 atom stereocenters. The largest absolute Gasteiger partial charge is 0.480 e. The van der Waals surface area contributed by atoms with Crippen molar-refractivity contribution < 1.29 is 23.4 Å². The lowest BCUT2D eigenvalue weighted by Crippen LogP contribution is -2.40. The third kappa shape index (κ3) is 2.59. The third-order valence-corrected chi connectivity index (χ3v) is 5.32. The second-order valence-electron chi connectivity index (χ2n) is 4.25. The van der Waals surface area contributed by atoms with Crippen LogP contribution in [0.3, 0.4) is 0 Å². The molecule has 1 aromatic rings. The Balaban J connectivity index is 2.45. The number of benzene rings is 1. The molecule has 2 N–H and O–H groups in total. The first-order valence-corrected chi connectivity index (χ1v) is 7.33. The minimum atomic E-state index is -4.04. The summed E-state index contributed by atoms with van der Waals surface area (Å²) in [5.74, 6) is -1.29. The Hall–Kier alpha value is -1.15. The zero-order valence-electron chi connectivity index (χ0n) is 9.73. The first kappa shape index (κ1) is 14.3. The van der Waals surface area contributed by atoms with Crippen LogP contribution in [0.4, 0.5) is 0 Å². The summed E-state index contributed by atoms with van der Waals surface area (Å²) in [4.78, 5) is 10.9. The molecule has 6 nitrogen and oxygen atoms in total. The van der Waals surface area contributed by atoms with Gasteiger partial charge in [0.1, 0.15) is 10.9 Å². The van der Waals surface area contributed by atoms with Crippen molar-refractivity contribution in [2.75, 3.05) is 6.54 Å². The molecule has 0 amide bonds. The van der Waals surface area contributed by atoms with Crippen molar-refractivity contribution in [1.29, 1.82) is 0 Å². The highest BCUT2D eigenvalue weighted by atomic mass is 35.5. The first-order valence-electron chi connectivity index (χ1n) is 5.51. The zero-order valence-corrected chi connectivity index (χ0v) is 11.3. The van der Waals surface area contributed by atoms with E-state index in [-0.39, 0.29) is 22.9 Å². The molecular formula is C11H12ClNO5S. The van der Waals surface area contributed by atoms with E-state index in [0.717, 1.165) is 4.31 Å². The number of sulfonamides is 1. The average molecular weight is 306 g/mol. The van der Waals surface area contributed by atoms with Crippen molar-refractivity contribution in [3.05, 3.63) is 29.3 Å². The topological polar surface area (TPSA) is 94.9 Å². The first-order chi connectivity index (χ1) is 8.84. The number of hydrogen-bond acceptors (Lipinski definition) is 4. The minimum absolute atomic E-state index is 0.0213. The highest BCUT2D eigenvalue weighted by Crippen LogP contribution is 2.30. The van der Waals surface area contributed by atoms with Gasteiger partial charge in [-0.05, 0) is 12.1 Å². The van der Waals surface area contributed by atoms with Crippen LogP contribution in [-0.2, 0) is 14.8 Å². The van der Waals surface area contributed by atoms with E-state index in [9.17, 15) is 18.3 Å². The van der Waals surface area contributed by atoms with Gasteiger partial charge in [-0.25, -0.2) is 8.42 Å². The fraction of sp³-hybridized carbons (Fsp3) is 0.364. The molecule has 1 unspecified atom stereocenters. The van der Waals surface area contributed by atoms with Gasteiger partial charge in [0.05, 0.1) is 11.1 Å². The van der Waals surface area contributed by atoms with Crippen LogP contribution in [0.25, 0.3) is 0 Å². The van der Waals surface area contributed by atoms with Gasteiger partial charge in [0.15, 0.2) is 0 Å². The van der Waals surface area contributed by atoms with Crippen molar-refractivity contribution in [3.8, 4) is 0 Å². The molecule has 2 rings (SSSR count). The Morgan fingerprint density at radius 1 is 1.37 bits per heavy atom. The monoisotopic (exact) mass is 305 g/mol. The Morgan fingerprint density at radius 2 is 2.00 bits per heavy atom. The lowest BCUT2D eigenvalue weighted by atomic mass is 10.2. The molecule has 0 spiro atoms. The number of carboxylic acids is 1. The van der Waals surface area contributed by atoms with Crippen LogP contribution in [0, 0.1) is 0 Å². The van der Waals surface area contributed by atoms with Crippen LogP contribution < -0.4 is 0 Å². The van der Waals surface area contributed by atoms with E-state index < -0.39 is 28.1 Å². The van der Waals surface area contributed by atoms with Crippen molar-refractivity contribution >= 4 is 27.6 Å². The standard InChI is InChI=1S/C11H12ClNO5S/c12-8-3-1-2-4-10(8)19(17,18)13-6-7(14)5-9(13)11(15)16/h1-4,7,9,14H,5-6H2,(H,15,16)/t7?,9-/m0/s1. The maximum Gasteiger partial charge on any atom is 0.322 e. The molecule has 0 saturated carbocycles. The minimum Gasteiger partial charge on any atom is -0.480 e. The number of carbonyl (C=O) groups is 1. The molecular weight excluding hydrogens is 294 g/mol. The Labute approximate surface area is 115 Å². The van der Waals surface area contributed by atoms with Gasteiger partial charge in [-0.1, -0.05) is 23.7 Å². The molecule has 19 heavy (non-hydrogen) atoms. The van der Waals surface area contributed by atoms with Crippen LogP contribution in [-0.4, -0.2) is 47.6 Å². The quantitative estimate of drug-likeness (QED) is 0.850. The van der Waals surface area contributed by atoms with Gasteiger partial charge in [-0.3, -0.25) is 4.79 Å². The van der Waals surface area contributed by atoms with Gasteiger partial charge < -0.3 is 10.2 Å². The van der Waals surface area contributed by atoms with E-state index in [1.165, 1.54) is 18.2 Å². The lowest BCUT2D eigenvalue weighted by Gasteiger charge is -2.21. The smallest absolute Gasteiger partial charge is 0.322 e. The molecule has 1 aliphatic heterocycles. The summed E-state index contributed by atoms with van der Waals surface area (Å²) in [7, 11) is -4.04. The van der Waals surface area contributed by atoms with Gasteiger partial charge in [0.2, 0.25) is 10.0 Å². The fourth-order valence-electron chi connectivity index (χ4n) is 2.05. The number of aliphatic hydroxyl groups excluding tert-OH is 1. The molecule has 0 bridgehead atoms. The predicted octanol–water partition coefficient (Wildman–Crippen LogP) is 0.548. The molecule has 1 saturated heterocycles. The van der Waals surface area contributed by atoms with E-state index in [1.807, 2.05) is 0 Å². The summed E-state index contributed by atoms with van der Waals surface area (Å²) in [6, 6.07) is 4.53. The molecule has 8 heteroatoms. The molecule has 0 aliphatic carbocycles. The van der Waals surface area contributed by atoms with Gasteiger partial charge in [-0.15, -0.1) is 0 Å². The highest BCUT2D eigenvalue weighted by molar-refractivity contribution is 7.89. The van der Waals surface area contributed by atoms with E-state index in [2.05, 4.69) is 0 Å². The number of halogens is 1. The van der Waals surface area contributed by atoms with Crippen LogP contribution in [0.5, 0.6) is 0 Å². The molecule has 1 fully saturated rings. The highest BCUT2D eigenvalue weighted by Gasteiger charge is 2.44. The van der Waals surface area contributed by atoms with Crippen LogP contribution in [0.15, 0.2) is 29.2 Å². The van der Waals surface area contributed by atoms with Crippen LogP contribution in [0.1, 0.15) is 6.42 Å². The summed E-state index contributed by atoms with van der Waals surface area (Å²) >= 11 is 5.84. The number of carboxylic acid groups (broad SMARTS) is 1. The second-order valence-corrected chi connectivity index (χ2v) is 6.51. The number of aliphatic hydroxyl groups is 1. The van der Waals surface area contributed by atoms with Gasteiger partial charge in [-0.2, -0.15) is 4.31 Å². The van der Waals surface area contributed by atoms with Crippen molar-refractivity contribution in [2.45, 2.75) is 23.5 Å². The summed E-state index contributed by atoms with van der Waals surface area (Å²) in [5, 5.41) is 18.5. The summed E-state index contributed by atoms with van der Waals surface area (Å²) in [6.07, 6.45) is -1.11. The van der Waals surface area contributed by atoms with Crippen molar-refractivity contribution in [2.24, 2.45) is 0 Å². The van der Waals surface area contributed by atoms with Crippen LogP contribution in [0.2, 0.25) is 5.02 Å². The molecule has 0 aromatic heterocycles. The van der Waals surface area contributed by atoms with Gasteiger partial charge in [0.25, 0.3) is 0 Å². The lowest BCUT2D eigenvalue weighted by molar-refractivity contribution is -0.140. The van der Waals surface area contributed by atoms with Gasteiger partial charge >= 0.3 is 5.97 Å². The normalized spacial score (nSPS) is 24.5. The zero-order chi connectivity index (χ0) is 14.2. The van der Waals surface area contributed by atoms with E-state index in [0.29, 0.717) is 0 Å². The van der Waals surface area contributed by atoms with E-state index >= 15 is 0 Å². The number of β-amino-alcohol motifs (C(OH)–C–C–N with tert-alkyl or cyclic N) is 1. The maximum absolute atomic E-state index is 12.4. The Morgan fingerprint density at radius 3 is 2.58 bits per heavy atom. The van der Waals surface area contributed by atoms with Crippen molar-refractivity contribution in [3.63, 3.8) is 0 Å². The number of nitrogens with zero attached hydrogens (tertiary/aromatic N) is 1. The SMILES string of the molecule is O=C(O)[C@@H]1CC(O)CN1S(=O)(=O)c1ccccc1Cl.